The average Bonchev–Trinajstić information content (AvgIpc) is 2.55. The molecule has 0 radical (unpaired) electrons. The zero-order chi connectivity index (χ0) is 16.6. The first-order valence-corrected chi connectivity index (χ1v) is 8.51. The molecule has 0 N–H and O–H groups in total. The van der Waals surface area contributed by atoms with Gasteiger partial charge in [-0.3, -0.25) is 0 Å². The van der Waals surface area contributed by atoms with E-state index in [1.165, 1.54) is 23.2 Å². The second-order valence-electron chi connectivity index (χ2n) is 5.09. The van der Waals surface area contributed by atoms with Crippen molar-refractivity contribution in [2.75, 3.05) is 4.90 Å². The van der Waals surface area contributed by atoms with Gasteiger partial charge in [-0.15, -0.1) is 0 Å². The maximum atomic E-state index is 14.1. The quantitative estimate of drug-likeness (QED) is 0.844. The number of sulfone groups is 1. The molecule has 6 heteroatoms. The molecule has 0 bridgehead atoms. The molecular weight excluding hydrogens is 315 g/mol. The van der Waals surface area contributed by atoms with Crippen LogP contribution < -0.4 is 4.90 Å². The van der Waals surface area contributed by atoms with Gasteiger partial charge in [-0.2, -0.15) is 5.26 Å². The van der Waals surface area contributed by atoms with Crippen LogP contribution in [0.25, 0.3) is 0 Å². The van der Waals surface area contributed by atoms with E-state index in [0.717, 1.165) is 18.1 Å². The molecule has 0 saturated heterocycles. The van der Waals surface area contributed by atoms with Crippen molar-refractivity contribution in [2.45, 2.75) is 18.2 Å². The lowest BCUT2D eigenvalue weighted by atomic mass is 10.1. The third-order valence-electron chi connectivity index (χ3n) is 3.74. The SMILES string of the molecule is CCc1ccc(N2C=C(C#N)S(=O)(=O)c3c(F)cccc32)cc1. The zero-order valence-corrected chi connectivity index (χ0v) is 13.1. The molecule has 1 heterocycles. The van der Waals surface area contributed by atoms with Crippen LogP contribution in [-0.4, -0.2) is 8.42 Å². The van der Waals surface area contributed by atoms with Gasteiger partial charge in [0.1, 0.15) is 16.8 Å². The predicted molar refractivity (Wildman–Crippen MR) is 85.2 cm³/mol. The van der Waals surface area contributed by atoms with Crippen molar-refractivity contribution in [3.63, 3.8) is 0 Å². The van der Waals surface area contributed by atoms with E-state index in [1.54, 1.807) is 6.07 Å². The van der Waals surface area contributed by atoms with E-state index in [1.807, 2.05) is 31.2 Å². The lowest BCUT2D eigenvalue weighted by Gasteiger charge is -2.27. The Kier molecular flexibility index (Phi) is 3.66. The second-order valence-corrected chi connectivity index (χ2v) is 6.94. The van der Waals surface area contributed by atoms with Crippen LogP contribution in [0.2, 0.25) is 0 Å². The Hall–Kier alpha value is -2.65. The molecule has 1 aliphatic heterocycles. The Morgan fingerprint density at radius 2 is 1.87 bits per heavy atom. The zero-order valence-electron chi connectivity index (χ0n) is 12.3. The standard InChI is InChI=1S/C17H13FN2O2S/c1-2-12-6-8-13(9-7-12)20-11-14(10-19)23(21,22)17-15(18)4-3-5-16(17)20/h3-9,11H,2H2,1H3. The van der Waals surface area contributed by atoms with Crippen molar-refractivity contribution < 1.29 is 12.8 Å². The van der Waals surface area contributed by atoms with Gasteiger partial charge < -0.3 is 4.90 Å². The summed E-state index contributed by atoms with van der Waals surface area (Å²) in [4.78, 5) is 0.588. The fourth-order valence-electron chi connectivity index (χ4n) is 2.51. The van der Waals surface area contributed by atoms with Gasteiger partial charge in [0.2, 0.25) is 9.84 Å². The number of rotatable bonds is 2. The summed E-state index contributed by atoms with van der Waals surface area (Å²) in [6, 6.07) is 13.2. The van der Waals surface area contributed by atoms with Crippen LogP contribution in [0, 0.1) is 17.1 Å². The number of hydrogen-bond donors (Lipinski definition) is 0. The first-order chi connectivity index (χ1) is 11.0. The number of nitrogens with zero attached hydrogens (tertiary/aromatic N) is 2. The van der Waals surface area contributed by atoms with Gasteiger partial charge in [0.15, 0.2) is 4.91 Å². The van der Waals surface area contributed by atoms with E-state index in [9.17, 15) is 12.8 Å². The number of benzene rings is 2. The van der Waals surface area contributed by atoms with Gasteiger partial charge in [-0.05, 0) is 36.2 Å². The smallest absolute Gasteiger partial charge is 0.223 e. The van der Waals surface area contributed by atoms with Gasteiger partial charge in [0.25, 0.3) is 0 Å². The highest BCUT2D eigenvalue weighted by atomic mass is 32.2. The van der Waals surface area contributed by atoms with Crippen molar-refractivity contribution in [3.8, 4) is 6.07 Å². The van der Waals surface area contributed by atoms with E-state index in [0.29, 0.717) is 5.69 Å². The van der Waals surface area contributed by atoms with Crippen molar-refractivity contribution in [3.05, 3.63) is 65.0 Å². The van der Waals surface area contributed by atoms with Crippen LogP contribution in [0.5, 0.6) is 0 Å². The summed E-state index contributed by atoms with van der Waals surface area (Å²) in [5.41, 5.74) is 1.99. The Labute approximate surface area is 134 Å². The molecule has 0 aliphatic carbocycles. The number of halogens is 1. The van der Waals surface area contributed by atoms with E-state index < -0.39 is 25.5 Å². The topological polar surface area (TPSA) is 61.2 Å². The molecule has 23 heavy (non-hydrogen) atoms. The highest BCUT2D eigenvalue weighted by Crippen LogP contribution is 2.40. The third kappa shape index (κ3) is 2.39. The highest BCUT2D eigenvalue weighted by molar-refractivity contribution is 7.95. The molecule has 0 fully saturated rings. The second kappa shape index (κ2) is 5.52. The van der Waals surface area contributed by atoms with Crippen molar-refractivity contribution in [2.24, 2.45) is 0 Å². The summed E-state index contributed by atoms with van der Waals surface area (Å²) in [5, 5.41) is 9.14. The van der Waals surface area contributed by atoms with Gasteiger partial charge >= 0.3 is 0 Å². The molecule has 3 rings (SSSR count). The molecule has 0 saturated carbocycles. The van der Waals surface area contributed by atoms with E-state index in [2.05, 4.69) is 0 Å². The van der Waals surface area contributed by atoms with E-state index in [-0.39, 0.29) is 5.69 Å². The maximum Gasteiger partial charge on any atom is 0.223 e. The van der Waals surface area contributed by atoms with Gasteiger partial charge in [0.05, 0.1) is 5.69 Å². The van der Waals surface area contributed by atoms with E-state index >= 15 is 0 Å². The Morgan fingerprint density at radius 1 is 1.17 bits per heavy atom. The minimum absolute atomic E-state index is 0.202. The molecule has 2 aromatic rings. The van der Waals surface area contributed by atoms with Crippen LogP contribution in [0.1, 0.15) is 12.5 Å². The first kappa shape index (κ1) is 15.3. The summed E-state index contributed by atoms with van der Waals surface area (Å²) in [7, 11) is -4.13. The molecule has 4 nitrogen and oxygen atoms in total. The van der Waals surface area contributed by atoms with Crippen molar-refractivity contribution >= 4 is 21.2 Å². The van der Waals surface area contributed by atoms with Crippen LogP contribution in [0.15, 0.2) is 58.5 Å². The average molecular weight is 328 g/mol. The summed E-state index contributed by atoms with van der Waals surface area (Å²) in [6.07, 6.45) is 2.11. The van der Waals surface area contributed by atoms with Gasteiger partial charge in [-0.1, -0.05) is 25.1 Å². The number of aryl methyl sites for hydroxylation is 1. The van der Waals surface area contributed by atoms with Gasteiger partial charge in [-0.25, -0.2) is 12.8 Å². The van der Waals surface area contributed by atoms with E-state index in [4.69, 9.17) is 5.26 Å². The fraction of sp³-hybridized carbons (Fsp3) is 0.118. The van der Waals surface area contributed by atoms with Crippen LogP contribution in [-0.2, 0) is 16.3 Å². The third-order valence-corrected chi connectivity index (χ3v) is 5.46. The van der Waals surface area contributed by atoms with Crippen molar-refractivity contribution in [1.29, 1.82) is 5.26 Å². The Morgan fingerprint density at radius 3 is 2.48 bits per heavy atom. The minimum Gasteiger partial charge on any atom is -0.314 e. The largest absolute Gasteiger partial charge is 0.314 e. The number of fused-ring (bicyclic) bond motifs is 1. The Balaban J connectivity index is 2.25. The summed E-state index contributed by atoms with van der Waals surface area (Å²) < 4.78 is 38.9. The molecule has 116 valence electrons. The van der Waals surface area contributed by atoms with Crippen LogP contribution in [0.3, 0.4) is 0 Å². The highest BCUT2D eigenvalue weighted by Gasteiger charge is 2.34. The number of allylic oxidation sites excluding steroid dienone is 1. The monoisotopic (exact) mass is 328 g/mol. The summed E-state index contributed by atoms with van der Waals surface area (Å²) >= 11 is 0. The molecule has 1 aliphatic rings. The van der Waals surface area contributed by atoms with Crippen LogP contribution >= 0.6 is 0 Å². The minimum atomic E-state index is -4.13. The first-order valence-electron chi connectivity index (χ1n) is 7.02. The Bertz CT molecular complexity index is 942. The lowest BCUT2D eigenvalue weighted by molar-refractivity contribution is 0.570. The molecule has 0 aromatic heterocycles. The van der Waals surface area contributed by atoms with Crippen LogP contribution in [0.4, 0.5) is 15.8 Å². The normalized spacial score (nSPS) is 15.5. The molecule has 0 unspecified atom stereocenters. The molecule has 0 amide bonds. The molecule has 0 spiro atoms. The fourth-order valence-corrected chi connectivity index (χ4v) is 3.86. The van der Waals surface area contributed by atoms with Gasteiger partial charge in [0, 0.05) is 11.9 Å². The molecular formula is C17H13FN2O2S. The number of hydrogen-bond acceptors (Lipinski definition) is 4. The molecule has 2 aromatic carbocycles. The van der Waals surface area contributed by atoms with Crippen molar-refractivity contribution in [1.82, 2.24) is 0 Å². The molecule has 0 atom stereocenters. The predicted octanol–water partition coefficient (Wildman–Crippen LogP) is 3.68. The summed E-state index contributed by atoms with van der Waals surface area (Å²) in [6.45, 7) is 2.03. The number of nitriles is 1. The number of anilines is 2. The summed E-state index contributed by atoms with van der Waals surface area (Å²) in [5.74, 6) is -0.862. The lowest BCUT2D eigenvalue weighted by Crippen LogP contribution is -2.22. The maximum absolute atomic E-state index is 14.1.